The van der Waals surface area contributed by atoms with Gasteiger partial charge in [0.05, 0.1) is 30.8 Å². The fourth-order valence-corrected chi connectivity index (χ4v) is 3.10. The number of cyclic esters (lactones) is 1. The summed E-state index contributed by atoms with van der Waals surface area (Å²) >= 11 is 0. The normalized spacial score (nSPS) is 16.5. The van der Waals surface area contributed by atoms with Crippen molar-refractivity contribution >= 4 is 17.7 Å². The predicted molar refractivity (Wildman–Crippen MR) is 144 cm³/mol. The highest BCUT2D eigenvalue weighted by Crippen LogP contribution is 2.20. The Morgan fingerprint density at radius 1 is 1.32 bits per heavy atom. The number of nitrogens with one attached hydrogen (secondary N) is 3. The van der Waals surface area contributed by atoms with Crippen molar-refractivity contribution in [2.24, 2.45) is 0 Å². The van der Waals surface area contributed by atoms with Crippen LogP contribution < -0.4 is 16.0 Å². The second-order valence-corrected chi connectivity index (χ2v) is 8.57. The third-order valence-corrected chi connectivity index (χ3v) is 5.43. The Balaban J connectivity index is 0.000000415. The van der Waals surface area contributed by atoms with Gasteiger partial charge in [0.15, 0.2) is 0 Å². The van der Waals surface area contributed by atoms with Crippen LogP contribution in [-0.4, -0.2) is 54.7 Å². The van der Waals surface area contributed by atoms with Crippen molar-refractivity contribution < 1.29 is 18.7 Å². The van der Waals surface area contributed by atoms with Crippen LogP contribution in [0, 0.1) is 35.0 Å². The zero-order chi connectivity index (χ0) is 28.6. The van der Waals surface area contributed by atoms with E-state index in [9.17, 15) is 14.0 Å². The number of benzene rings is 1. The van der Waals surface area contributed by atoms with Crippen LogP contribution in [0.25, 0.3) is 0 Å². The number of carbonyl (C=O) groups is 2. The fraction of sp³-hybridized carbons (Fsp3) is 0.429. The number of allylic oxidation sites excluding steroid dienone is 2. The van der Waals surface area contributed by atoms with E-state index in [4.69, 9.17) is 21.7 Å². The smallest absolute Gasteiger partial charge is 0.414 e. The number of amides is 2. The maximum atomic E-state index is 13.9. The van der Waals surface area contributed by atoms with E-state index in [0.717, 1.165) is 12.1 Å². The Kier molecular flexibility index (Phi) is 13.7. The second kappa shape index (κ2) is 16.4. The summed E-state index contributed by atoms with van der Waals surface area (Å²) in [5, 5.41) is 26.2. The third-order valence-electron chi connectivity index (χ3n) is 5.43. The Bertz CT molecular complexity index is 1130. The quantitative estimate of drug-likeness (QED) is 0.296. The molecule has 1 aromatic rings. The van der Waals surface area contributed by atoms with Gasteiger partial charge in [-0.05, 0) is 56.3 Å². The average molecular weight is 523 g/mol. The van der Waals surface area contributed by atoms with Crippen LogP contribution in [0.3, 0.4) is 0 Å². The molecule has 2 atom stereocenters. The zero-order valence-electron chi connectivity index (χ0n) is 22.3. The molecular formula is C28H35FN6O3. The lowest BCUT2D eigenvalue weighted by Crippen LogP contribution is -2.33. The molecule has 2 amide bonds. The summed E-state index contributed by atoms with van der Waals surface area (Å²) < 4.78 is 19.0. The molecule has 3 N–H and O–H groups in total. The lowest BCUT2D eigenvalue weighted by atomic mass is 10.0. The molecule has 2 unspecified atom stereocenters. The minimum absolute atomic E-state index is 0.0715. The summed E-state index contributed by atoms with van der Waals surface area (Å²) in [7, 11) is 0. The van der Waals surface area contributed by atoms with E-state index < -0.39 is 23.6 Å². The SMILES string of the molecule is C#CC/C=C(\C=C(\F)CNCC)N1CC(CNC(C)=O)OC1=O.CCC(C)(C#N)Nc1ccc(C#N)cc1. The van der Waals surface area contributed by atoms with Gasteiger partial charge in [0.2, 0.25) is 5.91 Å². The lowest BCUT2D eigenvalue weighted by molar-refractivity contribution is -0.119. The van der Waals surface area contributed by atoms with Crippen molar-refractivity contribution in [2.45, 2.75) is 52.2 Å². The number of halogens is 1. The van der Waals surface area contributed by atoms with Gasteiger partial charge in [-0.1, -0.05) is 13.8 Å². The molecule has 2 rings (SSSR count). The summed E-state index contributed by atoms with van der Waals surface area (Å²) in [6.45, 7) is 8.20. The molecule has 1 aliphatic rings. The Morgan fingerprint density at radius 2 is 2.00 bits per heavy atom. The van der Waals surface area contributed by atoms with Crippen LogP contribution in [-0.2, 0) is 9.53 Å². The van der Waals surface area contributed by atoms with Gasteiger partial charge in [0.1, 0.15) is 17.5 Å². The summed E-state index contributed by atoms with van der Waals surface area (Å²) in [5.41, 5.74) is 1.29. The molecule has 38 heavy (non-hydrogen) atoms. The van der Waals surface area contributed by atoms with Crippen LogP contribution in [0.4, 0.5) is 14.9 Å². The average Bonchev–Trinajstić information content (AvgIpc) is 3.29. The van der Waals surface area contributed by atoms with Gasteiger partial charge in [-0.15, -0.1) is 12.3 Å². The number of terminal acetylenes is 1. The molecule has 0 spiro atoms. The molecule has 0 aromatic heterocycles. The van der Waals surface area contributed by atoms with Crippen molar-refractivity contribution in [3.05, 3.63) is 53.5 Å². The van der Waals surface area contributed by atoms with Crippen molar-refractivity contribution in [1.29, 1.82) is 10.5 Å². The van der Waals surface area contributed by atoms with Gasteiger partial charge in [0, 0.05) is 31.3 Å². The molecule has 10 heteroatoms. The van der Waals surface area contributed by atoms with Crippen LogP contribution in [0.2, 0.25) is 0 Å². The maximum Gasteiger partial charge on any atom is 0.414 e. The standard InChI is InChI=1S/C16H22FN3O3.C12H13N3/c1-4-6-7-14(8-13(17)9-18-5-2)20-11-15(23-16(20)22)10-19-12(3)21;1-3-12(2,9-14)15-11-6-4-10(8-13)5-7-11/h1,7-8,15,18H,5-6,9-11H2,2-3H3,(H,19,21);4-7,15H,3H2,1-2H3/b13-8+,14-7+;. The number of hydrogen-bond acceptors (Lipinski definition) is 7. The van der Waals surface area contributed by atoms with Crippen LogP contribution in [0.1, 0.15) is 46.1 Å². The van der Waals surface area contributed by atoms with Gasteiger partial charge >= 0.3 is 6.09 Å². The molecule has 1 heterocycles. The van der Waals surface area contributed by atoms with Gasteiger partial charge in [0.25, 0.3) is 0 Å². The van der Waals surface area contributed by atoms with E-state index in [1.807, 2.05) is 32.9 Å². The Morgan fingerprint density at radius 3 is 2.53 bits per heavy atom. The van der Waals surface area contributed by atoms with E-state index in [1.165, 1.54) is 17.9 Å². The minimum Gasteiger partial charge on any atom is -0.442 e. The van der Waals surface area contributed by atoms with Crippen LogP contribution in [0.5, 0.6) is 0 Å². The largest absolute Gasteiger partial charge is 0.442 e. The lowest BCUT2D eigenvalue weighted by Gasteiger charge is -2.22. The maximum absolute atomic E-state index is 13.9. The summed E-state index contributed by atoms with van der Waals surface area (Å²) in [6.07, 6.45) is 8.01. The molecule has 0 saturated carbocycles. The van der Waals surface area contributed by atoms with Crippen LogP contribution in [0.15, 0.2) is 47.9 Å². The van der Waals surface area contributed by atoms with E-state index in [0.29, 0.717) is 17.8 Å². The first kappa shape index (κ1) is 31.7. The molecule has 1 aromatic carbocycles. The Labute approximate surface area is 224 Å². The second-order valence-electron chi connectivity index (χ2n) is 8.57. The molecule has 1 saturated heterocycles. The van der Waals surface area contributed by atoms with Gasteiger partial charge in [-0.2, -0.15) is 10.5 Å². The Hall–Kier alpha value is -4.33. The van der Waals surface area contributed by atoms with Crippen molar-refractivity contribution in [1.82, 2.24) is 15.5 Å². The van der Waals surface area contributed by atoms with Crippen molar-refractivity contribution in [3.63, 3.8) is 0 Å². The van der Waals surface area contributed by atoms with Gasteiger partial charge in [-0.25, -0.2) is 9.18 Å². The number of hydrogen-bond donors (Lipinski definition) is 3. The third kappa shape index (κ3) is 11.2. The molecular weight excluding hydrogens is 487 g/mol. The highest BCUT2D eigenvalue weighted by Gasteiger charge is 2.33. The number of nitriles is 2. The molecule has 0 aliphatic carbocycles. The van der Waals surface area contributed by atoms with E-state index in [-0.39, 0.29) is 32.0 Å². The predicted octanol–water partition coefficient (Wildman–Crippen LogP) is 3.98. The number of ether oxygens (including phenoxy) is 1. The molecule has 1 fully saturated rings. The number of anilines is 1. The van der Waals surface area contributed by atoms with E-state index in [1.54, 1.807) is 18.2 Å². The van der Waals surface area contributed by atoms with Crippen molar-refractivity contribution in [3.8, 4) is 24.5 Å². The molecule has 1 aliphatic heterocycles. The monoisotopic (exact) mass is 522 g/mol. The highest BCUT2D eigenvalue weighted by molar-refractivity contribution is 5.74. The fourth-order valence-electron chi connectivity index (χ4n) is 3.10. The first-order valence-electron chi connectivity index (χ1n) is 12.2. The van der Waals surface area contributed by atoms with E-state index >= 15 is 0 Å². The molecule has 9 nitrogen and oxygen atoms in total. The summed E-state index contributed by atoms with van der Waals surface area (Å²) in [5.74, 6) is 1.81. The number of likely N-dealkylation sites (N-methyl/N-ethyl adjacent to an activating group) is 1. The van der Waals surface area contributed by atoms with Crippen LogP contribution >= 0.6 is 0 Å². The number of rotatable bonds is 11. The number of nitrogens with zero attached hydrogens (tertiary/aromatic N) is 3. The first-order chi connectivity index (χ1) is 18.1. The molecule has 0 bridgehead atoms. The summed E-state index contributed by atoms with van der Waals surface area (Å²) in [6, 6.07) is 11.4. The van der Waals surface area contributed by atoms with E-state index in [2.05, 4.69) is 34.0 Å². The minimum atomic E-state index is -0.587. The van der Waals surface area contributed by atoms with Gasteiger partial charge < -0.3 is 20.7 Å². The van der Waals surface area contributed by atoms with Gasteiger partial charge in [-0.3, -0.25) is 9.69 Å². The topological polar surface area (TPSA) is 130 Å². The highest BCUT2D eigenvalue weighted by atomic mass is 19.1. The number of carbonyl (C=O) groups excluding carboxylic acids is 2. The zero-order valence-corrected chi connectivity index (χ0v) is 22.3. The summed E-state index contributed by atoms with van der Waals surface area (Å²) in [4.78, 5) is 24.2. The van der Waals surface area contributed by atoms with Crippen molar-refractivity contribution in [2.75, 3.05) is 31.5 Å². The molecule has 0 radical (unpaired) electrons. The molecule has 202 valence electrons. The first-order valence-corrected chi connectivity index (χ1v) is 12.2.